The third-order valence-electron chi connectivity index (χ3n) is 0. The molecule has 0 rings (SSSR count). The van der Waals surface area contributed by atoms with Crippen LogP contribution in [0.25, 0.3) is 0 Å². The van der Waals surface area contributed by atoms with E-state index < -0.39 is 0 Å². The van der Waals surface area contributed by atoms with Gasteiger partial charge in [0.1, 0.15) is 0 Å². The Hall–Kier alpha value is 0.656. The lowest BCUT2D eigenvalue weighted by Gasteiger charge is -1.52. The van der Waals surface area contributed by atoms with Crippen LogP contribution >= 0.6 is 0 Å². The number of aliphatic hydroxyl groups is 1. The molecule has 1 nitrogen and oxygen atoms in total. The van der Waals surface area contributed by atoms with Gasteiger partial charge in [-0.3, -0.25) is 4.70 Å². The predicted octanol–water partition coefficient (Wildman–Crippen LogP) is -0.765. The van der Waals surface area contributed by atoms with Crippen molar-refractivity contribution >= 4 is 23.1 Å². The SMILES string of the molecule is CCO.F.[MgH2]. The van der Waals surface area contributed by atoms with Crippen molar-refractivity contribution in [3.63, 3.8) is 0 Å². The van der Waals surface area contributed by atoms with E-state index in [4.69, 9.17) is 5.11 Å². The molecule has 0 fully saturated rings. The van der Waals surface area contributed by atoms with Gasteiger partial charge in [-0.1, -0.05) is 0 Å². The fourth-order valence-corrected chi connectivity index (χ4v) is 0. The van der Waals surface area contributed by atoms with Crippen LogP contribution in [0.4, 0.5) is 4.70 Å². The summed E-state index contributed by atoms with van der Waals surface area (Å²) in [6.07, 6.45) is 0. The lowest BCUT2D eigenvalue weighted by Crippen LogP contribution is -1.57. The molecule has 0 aromatic heterocycles. The standard InChI is InChI=1S/C2H6O.FH.Mg.2H/c1-2-3;;;;/h3H,2H2,1H3;1H;;;. The van der Waals surface area contributed by atoms with Crippen molar-refractivity contribution in [2.75, 3.05) is 6.61 Å². The molecule has 0 saturated carbocycles. The third-order valence-corrected chi connectivity index (χ3v) is 0. The van der Waals surface area contributed by atoms with Gasteiger partial charge < -0.3 is 5.11 Å². The Bertz CT molecular complexity index is 9.61. The summed E-state index contributed by atoms with van der Waals surface area (Å²) in [4.78, 5) is 0. The van der Waals surface area contributed by atoms with Crippen LogP contribution in [-0.2, 0) is 0 Å². The summed E-state index contributed by atoms with van der Waals surface area (Å²) in [7, 11) is 0. The summed E-state index contributed by atoms with van der Waals surface area (Å²) in [6.45, 7) is 1.93. The Labute approximate surface area is 46.9 Å². The number of rotatable bonds is 0. The van der Waals surface area contributed by atoms with Gasteiger partial charge in [0.15, 0.2) is 0 Å². The van der Waals surface area contributed by atoms with E-state index >= 15 is 0 Å². The summed E-state index contributed by atoms with van der Waals surface area (Å²) in [5.41, 5.74) is 0. The summed E-state index contributed by atoms with van der Waals surface area (Å²) >= 11 is 0. The minimum Gasteiger partial charge on any atom is -0.397 e. The molecule has 0 aliphatic heterocycles. The van der Waals surface area contributed by atoms with Gasteiger partial charge in [0.05, 0.1) is 0 Å². The van der Waals surface area contributed by atoms with Gasteiger partial charge >= 0.3 is 23.1 Å². The highest BCUT2D eigenvalue weighted by molar-refractivity contribution is 5.75. The molecule has 1 N–H and O–H groups in total. The first-order chi connectivity index (χ1) is 1.41. The molecule has 0 saturated heterocycles. The Morgan fingerprint density at radius 1 is 1.60 bits per heavy atom. The van der Waals surface area contributed by atoms with Crippen molar-refractivity contribution in [3.05, 3.63) is 0 Å². The highest BCUT2D eigenvalue weighted by Gasteiger charge is 1.34. The molecular formula is C2H9FMgO. The van der Waals surface area contributed by atoms with Gasteiger partial charge in [-0.05, 0) is 6.92 Å². The van der Waals surface area contributed by atoms with Crippen LogP contribution < -0.4 is 0 Å². The molecule has 3 heteroatoms. The molecule has 0 heterocycles. The van der Waals surface area contributed by atoms with Crippen molar-refractivity contribution in [2.24, 2.45) is 0 Å². The van der Waals surface area contributed by atoms with E-state index in [1.807, 2.05) is 0 Å². The molecule has 0 atom stereocenters. The van der Waals surface area contributed by atoms with E-state index in [1.54, 1.807) is 6.92 Å². The zero-order valence-electron chi connectivity index (χ0n) is 2.56. The molecular weight excluding hydrogens is 83.3 g/mol. The van der Waals surface area contributed by atoms with Gasteiger partial charge in [-0.2, -0.15) is 0 Å². The van der Waals surface area contributed by atoms with Gasteiger partial charge in [0, 0.05) is 6.61 Å². The molecule has 0 unspecified atom stereocenters. The van der Waals surface area contributed by atoms with Crippen molar-refractivity contribution < 1.29 is 9.81 Å². The fourth-order valence-electron chi connectivity index (χ4n) is 0. The van der Waals surface area contributed by atoms with E-state index in [-0.39, 0.29) is 34.4 Å². The molecule has 0 amide bonds. The third kappa shape index (κ3) is 76.3. The molecule has 0 aliphatic carbocycles. The van der Waals surface area contributed by atoms with Crippen LogP contribution in [0.2, 0.25) is 0 Å². The smallest absolute Gasteiger partial charge is 0.316 e. The first-order valence-electron chi connectivity index (χ1n) is 1.02. The quantitative estimate of drug-likeness (QED) is 0.389. The van der Waals surface area contributed by atoms with Crippen LogP contribution in [0.5, 0.6) is 0 Å². The van der Waals surface area contributed by atoms with Crippen LogP contribution in [0.1, 0.15) is 6.92 Å². The second-order valence-electron chi connectivity index (χ2n) is 0.316. The summed E-state index contributed by atoms with van der Waals surface area (Å²) in [6, 6.07) is 0. The first-order valence-corrected chi connectivity index (χ1v) is 1.02. The fraction of sp³-hybridized carbons (Fsp3) is 1.00. The van der Waals surface area contributed by atoms with Crippen molar-refractivity contribution in [1.82, 2.24) is 0 Å². The van der Waals surface area contributed by atoms with Crippen LogP contribution in [0, 0.1) is 0 Å². The second kappa shape index (κ2) is 22.7. The Kier molecular flexibility index (Phi) is 78.9. The van der Waals surface area contributed by atoms with Gasteiger partial charge in [-0.15, -0.1) is 0 Å². The lowest BCUT2D eigenvalue weighted by molar-refractivity contribution is 0.318. The number of hydrogen-bond acceptors (Lipinski definition) is 1. The van der Waals surface area contributed by atoms with Gasteiger partial charge in [-0.25, -0.2) is 0 Å². The van der Waals surface area contributed by atoms with E-state index in [0.717, 1.165) is 0 Å². The molecule has 0 radical (unpaired) electrons. The number of aliphatic hydroxyl groups excluding tert-OH is 1. The average Bonchev–Trinajstić information content (AvgIpc) is 0.918. The molecule has 0 spiro atoms. The summed E-state index contributed by atoms with van der Waals surface area (Å²) < 4.78 is 0. The maximum absolute atomic E-state index is 7.57. The van der Waals surface area contributed by atoms with Gasteiger partial charge in [0.2, 0.25) is 0 Å². The molecule has 32 valence electrons. The highest BCUT2D eigenvalue weighted by Crippen LogP contribution is 1.30. The molecule has 0 aromatic rings. The molecule has 0 aromatic carbocycles. The van der Waals surface area contributed by atoms with Crippen molar-refractivity contribution in [3.8, 4) is 0 Å². The van der Waals surface area contributed by atoms with Crippen molar-refractivity contribution in [2.45, 2.75) is 6.92 Å². The lowest BCUT2D eigenvalue weighted by atomic mass is 10.9. The average molecular weight is 92.4 g/mol. The van der Waals surface area contributed by atoms with Crippen LogP contribution in [0.3, 0.4) is 0 Å². The Morgan fingerprint density at radius 2 is 1.60 bits per heavy atom. The minimum atomic E-state index is 0. The second-order valence-corrected chi connectivity index (χ2v) is 0.316. The molecule has 0 aliphatic rings. The van der Waals surface area contributed by atoms with Crippen LogP contribution in [-0.4, -0.2) is 34.8 Å². The maximum atomic E-state index is 7.57. The highest BCUT2D eigenvalue weighted by atomic mass is 24.3. The molecule has 5 heavy (non-hydrogen) atoms. The topological polar surface area (TPSA) is 20.2 Å². The summed E-state index contributed by atoms with van der Waals surface area (Å²) in [5.74, 6) is 0. The zero-order valence-corrected chi connectivity index (χ0v) is 2.56. The number of hydrogen-bond donors (Lipinski definition) is 1. The zero-order chi connectivity index (χ0) is 2.71. The summed E-state index contributed by atoms with van der Waals surface area (Å²) in [5, 5.41) is 7.57. The monoisotopic (exact) mass is 92.0 g/mol. The Morgan fingerprint density at radius 3 is 1.60 bits per heavy atom. The first kappa shape index (κ1) is 17.4. The van der Waals surface area contributed by atoms with Crippen molar-refractivity contribution in [1.29, 1.82) is 0 Å². The largest absolute Gasteiger partial charge is 0.397 e. The molecule has 0 bridgehead atoms. The van der Waals surface area contributed by atoms with E-state index in [1.165, 1.54) is 0 Å². The Balaban J connectivity index is -0.0000000200. The van der Waals surface area contributed by atoms with Crippen LogP contribution in [0.15, 0.2) is 0 Å². The number of halogens is 1. The minimum absolute atomic E-state index is 0. The van der Waals surface area contributed by atoms with E-state index in [2.05, 4.69) is 0 Å². The van der Waals surface area contributed by atoms with E-state index in [0.29, 0.717) is 0 Å². The predicted molar refractivity (Wildman–Crippen MR) is 23.8 cm³/mol. The van der Waals surface area contributed by atoms with E-state index in [9.17, 15) is 0 Å². The maximum Gasteiger partial charge on any atom is 0.316 e. The normalized spacial score (nSPS) is 3.60. The van der Waals surface area contributed by atoms with Gasteiger partial charge in [0.25, 0.3) is 0 Å².